The Morgan fingerprint density at radius 1 is 1.42 bits per heavy atom. The molecule has 1 saturated heterocycles. The molecule has 1 N–H and O–H groups in total. The highest BCUT2D eigenvalue weighted by Crippen LogP contribution is 2.31. The number of nitrogens with one attached hydrogen (secondary N) is 1. The summed E-state index contributed by atoms with van der Waals surface area (Å²) in [6, 6.07) is 1.11. The summed E-state index contributed by atoms with van der Waals surface area (Å²) >= 11 is 0. The number of hydrogen-bond donors (Lipinski definition) is 1. The molecule has 0 bridgehead atoms. The Morgan fingerprint density at radius 2 is 2.16 bits per heavy atom. The third kappa shape index (κ3) is 3.38. The molecular weight excluding hydrogens is 234 g/mol. The summed E-state index contributed by atoms with van der Waals surface area (Å²) in [5.41, 5.74) is 1.66. The van der Waals surface area contributed by atoms with Gasteiger partial charge in [0.1, 0.15) is 0 Å². The molecule has 2 rings (SSSR count). The molecule has 0 aromatic carbocycles. The molecule has 2 atom stereocenters. The highest BCUT2D eigenvalue weighted by atomic mass is 15.1. The predicted molar refractivity (Wildman–Crippen MR) is 80.0 cm³/mol. The number of rotatable bonds is 4. The fourth-order valence-electron chi connectivity index (χ4n) is 2.75. The van der Waals surface area contributed by atoms with Crippen molar-refractivity contribution in [3.8, 4) is 0 Å². The lowest BCUT2D eigenvalue weighted by Gasteiger charge is -2.33. The molecule has 1 aliphatic rings. The van der Waals surface area contributed by atoms with Crippen molar-refractivity contribution >= 4 is 0 Å². The molecule has 19 heavy (non-hydrogen) atoms. The van der Waals surface area contributed by atoms with Gasteiger partial charge in [-0.05, 0) is 37.5 Å². The fraction of sp³-hybridized carbons (Fsp3) is 0.812. The maximum absolute atomic E-state index is 4.39. The Balaban J connectivity index is 2.13. The van der Waals surface area contributed by atoms with Gasteiger partial charge >= 0.3 is 0 Å². The van der Waals surface area contributed by atoms with Crippen LogP contribution in [0.2, 0.25) is 0 Å². The Morgan fingerprint density at radius 3 is 2.79 bits per heavy atom. The van der Waals surface area contributed by atoms with Crippen LogP contribution in [0.15, 0.2) is 12.5 Å². The summed E-state index contributed by atoms with van der Waals surface area (Å²) in [5.74, 6) is 0.668. The molecule has 1 aliphatic heterocycles. The third-order valence-corrected chi connectivity index (χ3v) is 4.86. The third-order valence-electron chi connectivity index (χ3n) is 4.86. The standard InChI is InChI=1S/C16H29N3/c1-12(2)16(4,5)10-19-11-17-9-15(19)14-8-6-7-13(3)18-14/h9,11-14,18H,6-8,10H2,1-5H3. The van der Waals surface area contributed by atoms with Crippen LogP contribution in [0.4, 0.5) is 0 Å². The van der Waals surface area contributed by atoms with Crippen molar-refractivity contribution in [3.05, 3.63) is 18.2 Å². The Kier molecular flexibility index (Phi) is 4.34. The number of hydrogen-bond acceptors (Lipinski definition) is 2. The lowest BCUT2D eigenvalue weighted by molar-refractivity contribution is 0.203. The second-order valence-corrected chi connectivity index (χ2v) is 7.14. The molecule has 0 radical (unpaired) electrons. The molecule has 1 aromatic heterocycles. The second-order valence-electron chi connectivity index (χ2n) is 7.14. The molecule has 1 aromatic rings. The summed E-state index contributed by atoms with van der Waals surface area (Å²) in [7, 11) is 0. The van der Waals surface area contributed by atoms with Crippen LogP contribution < -0.4 is 5.32 Å². The van der Waals surface area contributed by atoms with Crippen molar-refractivity contribution in [2.75, 3.05) is 0 Å². The van der Waals surface area contributed by atoms with E-state index in [-0.39, 0.29) is 0 Å². The number of piperidine rings is 1. The summed E-state index contributed by atoms with van der Waals surface area (Å²) in [6.07, 6.45) is 7.89. The van der Waals surface area contributed by atoms with Gasteiger partial charge in [0.25, 0.3) is 0 Å². The minimum absolute atomic E-state index is 0.301. The first kappa shape index (κ1) is 14.6. The first-order valence-electron chi connectivity index (χ1n) is 7.66. The lowest BCUT2D eigenvalue weighted by Crippen LogP contribution is -2.36. The van der Waals surface area contributed by atoms with E-state index in [1.165, 1.54) is 25.0 Å². The van der Waals surface area contributed by atoms with E-state index in [1.807, 2.05) is 12.5 Å². The topological polar surface area (TPSA) is 29.9 Å². The van der Waals surface area contributed by atoms with Crippen molar-refractivity contribution in [3.63, 3.8) is 0 Å². The van der Waals surface area contributed by atoms with Crippen molar-refractivity contribution in [1.29, 1.82) is 0 Å². The van der Waals surface area contributed by atoms with Gasteiger partial charge in [-0.15, -0.1) is 0 Å². The van der Waals surface area contributed by atoms with Crippen LogP contribution >= 0.6 is 0 Å². The maximum atomic E-state index is 4.39. The minimum atomic E-state index is 0.301. The lowest BCUT2D eigenvalue weighted by atomic mass is 9.81. The van der Waals surface area contributed by atoms with Gasteiger partial charge in [0.2, 0.25) is 0 Å². The van der Waals surface area contributed by atoms with Gasteiger partial charge in [-0.25, -0.2) is 4.98 Å². The van der Waals surface area contributed by atoms with E-state index >= 15 is 0 Å². The number of aromatic nitrogens is 2. The minimum Gasteiger partial charge on any atom is -0.333 e. The normalized spacial score (nSPS) is 24.9. The molecule has 0 amide bonds. The van der Waals surface area contributed by atoms with E-state index < -0.39 is 0 Å². The van der Waals surface area contributed by atoms with Crippen molar-refractivity contribution < 1.29 is 0 Å². The number of nitrogens with zero attached hydrogens (tertiary/aromatic N) is 2. The van der Waals surface area contributed by atoms with Gasteiger partial charge in [-0.3, -0.25) is 0 Å². The maximum Gasteiger partial charge on any atom is 0.0948 e. The van der Waals surface area contributed by atoms with E-state index in [4.69, 9.17) is 0 Å². The fourth-order valence-corrected chi connectivity index (χ4v) is 2.75. The largest absolute Gasteiger partial charge is 0.333 e. The quantitative estimate of drug-likeness (QED) is 0.896. The van der Waals surface area contributed by atoms with E-state index in [0.717, 1.165) is 6.54 Å². The molecule has 0 saturated carbocycles. The zero-order valence-corrected chi connectivity index (χ0v) is 13.1. The Bertz CT molecular complexity index is 406. The Labute approximate surface area is 117 Å². The zero-order chi connectivity index (χ0) is 14.0. The van der Waals surface area contributed by atoms with Gasteiger partial charge in [0, 0.05) is 24.8 Å². The number of imidazole rings is 1. The molecule has 2 heterocycles. The molecule has 3 heteroatoms. The predicted octanol–water partition coefficient (Wildman–Crippen LogP) is 3.77. The smallest absolute Gasteiger partial charge is 0.0948 e. The monoisotopic (exact) mass is 263 g/mol. The average molecular weight is 263 g/mol. The van der Waals surface area contributed by atoms with Gasteiger partial charge in [0.05, 0.1) is 12.0 Å². The first-order valence-corrected chi connectivity index (χ1v) is 7.66. The highest BCUT2D eigenvalue weighted by Gasteiger charge is 2.27. The van der Waals surface area contributed by atoms with Crippen LogP contribution in [0.3, 0.4) is 0 Å². The van der Waals surface area contributed by atoms with Crippen molar-refractivity contribution in [1.82, 2.24) is 14.9 Å². The molecular formula is C16H29N3. The van der Waals surface area contributed by atoms with Crippen molar-refractivity contribution in [2.45, 2.75) is 72.5 Å². The van der Waals surface area contributed by atoms with Gasteiger partial charge in [0.15, 0.2) is 0 Å². The molecule has 108 valence electrons. The Hall–Kier alpha value is -0.830. The van der Waals surface area contributed by atoms with Crippen LogP contribution in [0.25, 0.3) is 0 Å². The van der Waals surface area contributed by atoms with E-state index in [9.17, 15) is 0 Å². The zero-order valence-electron chi connectivity index (χ0n) is 13.1. The van der Waals surface area contributed by atoms with Crippen molar-refractivity contribution in [2.24, 2.45) is 11.3 Å². The highest BCUT2D eigenvalue weighted by molar-refractivity contribution is 5.07. The van der Waals surface area contributed by atoms with Crippen LogP contribution in [0.1, 0.15) is 65.6 Å². The van der Waals surface area contributed by atoms with Gasteiger partial charge in [-0.2, -0.15) is 0 Å². The molecule has 0 spiro atoms. The van der Waals surface area contributed by atoms with E-state index in [0.29, 0.717) is 23.4 Å². The average Bonchev–Trinajstić information content (AvgIpc) is 2.76. The van der Waals surface area contributed by atoms with E-state index in [2.05, 4.69) is 49.5 Å². The first-order chi connectivity index (χ1) is 8.90. The summed E-state index contributed by atoms with van der Waals surface area (Å²) in [5, 5.41) is 3.71. The molecule has 0 aliphatic carbocycles. The summed E-state index contributed by atoms with van der Waals surface area (Å²) in [4.78, 5) is 4.39. The van der Waals surface area contributed by atoms with Crippen LogP contribution in [-0.2, 0) is 6.54 Å². The second kappa shape index (κ2) is 5.66. The SMILES string of the molecule is CC1CCCC(c2cncn2CC(C)(C)C(C)C)N1. The summed E-state index contributed by atoms with van der Waals surface area (Å²) < 4.78 is 2.36. The van der Waals surface area contributed by atoms with Crippen LogP contribution in [0, 0.1) is 11.3 Å². The van der Waals surface area contributed by atoms with Gasteiger partial charge in [-0.1, -0.05) is 27.7 Å². The van der Waals surface area contributed by atoms with Crippen LogP contribution in [-0.4, -0.2) is 15.6 Å². The molecule has 1 fully saturated rings. The molecule has 3 nitrogen and oxygen atoms in total. The van der Waals surface area contributed by atoms with Gasteiger partial charge < -0.3 is 9.88 Å². The summed E-state index contributed by atoms with van der Waals surface area (Å²) in [6.45, 7) is 12.6. The molecule has 2 unspecified atom stereocenters. The van der Waals surface area contributed by atoms with Crippen LogP contribution in [0.5, 0.6) is 0 Å². The van der Waals surface area contributed by atoms with E-state index in [1.54, 1.807) is 0 Å².